The van der Waals surface area contributed by atoms with Crippen molar-refractivity contribution in [3.63, 3.8) is 0 Å². The third-order valence-corrected chi connectivity index (χ3v) is 6.72. The fraction of sp³-hybridized carbons (Fsp3) is 0.238. The number of aryl methyl sites for hydroxylation is 1. The molecule has 1 aromatic carbocycles. The van der Waals surface area contributed by atoms with Gasteiger partial charge in [-0.1, -0.05) is 35.3 Å². The maximum Gasteiger partial charge on any atom is 0.255 e. The van der Waals surface area contributed by atoms with E-state index in [9.17, 15) is 4.79 Å². The smallest absolute Gasteiger partial charge is 0.255 e. The topological polar surface area (TPSA) is 54.6 Å². The summed E-state index contributed by atoms with van der Waals surface area (Å²) in [5.41, 5.74) is 2.51. The van der Waals surface area contributed by atoms with Crippen LogP contribution >= 0.6 is 34.5 Å². The van der Waals surface area contributed by atoms with Gasteiger partial charge in [-0.25, -0.2) is 4.99 Å². The number of halogens is 2. The molecule has 2 aromatic heterocycles. The Bertz CT molecular complexity index is 1030. The molecule has 1 aliphatic rings. The standard InChI is InChI=1S/C21H18Cl2N2O2S/c22-16-8-3-5-13(19(16)23)11-25-21-18(15-7-1-2-9-17(15)28-21)20(26)24-12-14-6-4-10-27-14/h3-6,8,10-11H,1-2,7,9,12H2,(H,24,26). The van der Waals surface area contributed by atoms with Crippen LogP contribution in [0.2, 0.25) is 10.0 Å². The summed E-state index contributed by atoms with van der Waals surface area (Å²) in [5, 5.41) is 4.59. The lowest BCUT2D eigenvalue weighted by Gasteiger charge is -2.12. The van der Waals surface area contributed by atoms with Gasteiger partial charge in [0.2, 0.25) is 0 Å². The third kappa shape index (κ3) is 4.02. The Kier molecular flexibility index (Phi) is 5.85. The summed E-state index contributed by atoms with van der Waals surface area (Å²) < 4.78 is 5.30. The maximum atomic E-state index is 13.0. The van der Waals surface area contributed by atoms with Gasteiger partial charge in [0.25, 0.3) is 5.91 Å². The van der Waals surface area contributed by atoms with Crippen molar-refractivity contribution in [2.24, 2.45) is 4.99 Å². The molecule has 4 nitrogen and oxygen atoms in total. The summed E-state index contributed by atoms with van der Waals surface area (Å²) in [6.07, 6.45) is 7.40. The van der Waals surface area contributed by atoms with Crippen molar-refractivity contribution in [1.82, 2.24) is 5.32 Å². The molecule has 144 valence electrons. The number of carbonyl (C=O) groups excluding carboxylic acids is 1. The Hall–Kier alpha value is -2.08. The summed E-state index contributed by atoms with van der Waals surface area (Å²) in [5.74, 6) is 0.591. The predicted molar refractivity (Wildman–Crippen MR) is 115 cm³/mol. The van der Waals surface area contributed by atoms with Crippen molar-refractivity contribution >= 4 is 51.7 Å². The second kappa shape index (κ2) is 8.52. The van der Waals surface area contributed by atoms with Gasteiger partial charge in [-0.15, -0.1) is 11.3 Å². The van der Waals surface area contributed by atoms with Gasteiger partial charge in [0.05, 0.1) is 28.4 Å². The molecular weight excluding hydrogens is 415 g/mol. The average Bonchev–Trinajstić information content (AvgIpc) is 3.34. The zero-order chi connectivity index (χ0) is 19.5. The van der Waals surface area contributed by atoms with E-state index in [4.69, 9.17) is 27.6 Å². The summed E-state index contributed by atoms with van der Waals surface area (Å²) in [4.78, 5) is 18.8. The zero-order valence-corrected chi connectivity index (χ0v) is 17.3. The summed E-state index contributed by atoms with van der Waals surface area (Å²) in [7, 11) is 0. The first-order valence-corrected chi connectivity index (χ1v) is 10.6. The minimum atomic E-state index is -0.125. The number of nitrogens with zero attached hydrogens (tertiary/aromatic N) is 1. The van der Waals surface area contributed by atoms with Crippen LogP contribution in [0.25, 0.3) is 0 Å². The number of nitrogens with one attached hydrogen (secondary N) is 1. The number of fused-ring (bicyclic) bond motifs is 1. The molecule has 0 atom stereocenters. The van der Waals surface area contributed by atoms with Gasteiger partial charge in [-0.05, 0) is 49.4 Å². The van der Waals surface area contributed by atoms with E-state index in [2.05, 4.69) is 10.3 Å². The molecule has 0 spiro atoms. The van der Waals surface area contributed by atoms with Crippen LogP contribution in [0.15, 0.2) is 46.0 Å². The number of thiophene rings is 1. The largest absolute Gasteiger partial charge is 0.467 e. The van der Waals surface area contributed by atoms with Crippen molar-refractivity contribution in [1.29, 1.82) is 0 Å². The van der Waals surface area contributed by atoms with Gasteiger partial charge < -0.3 is 9.73 Å². The van der Waals surface area contributed by atoms with Crippen LogP contribution in [-0.4, -0.2) is 12.1 Å². The molecule has 0 unspecified atom stereocenters. The molecule has 1 aliphatic carbocycles. The lowest BCUT2D eigenvalue weighted by atomic mass is 9.95. The van der Waals surface area contributed by atoms with Crippen LogP contribution in [0.5, 0.6) is 0 Å². The van der Waals surface area contributed by atoms with E-state index in [0.29, 0.717) is 32.9 Å². The zero-order valence-electron chi connectivity index (χ0n) is 15.0. The molecule has 3 aromatic rings. The van der Waals surface area contributed by atoms with Gasteiger partial charge in [0.15, 0.2) is 0 Å². The van der Waals surface area contributed by atoms with Gasteiger partial charge in [-0.2, -0.15) is 0 Å². The number of hydrogen-bond donors (Lipinski definition) is 1. The van der Waals surface area contributed by atoms with Crippen LogP contribution in [-0.2, 0) is 19.4 Å². The molecule has 0 radical (unpaired) electrons. The highest BCUT2D eigenvalue weighted by Crippen LogP contribution is 2.40. The molecule has 4 rings (SSSR count). The van der Waals surface area contributed by atoms with Crippen molar-refractivity contribution < 1.29 is 9.21 Å². The van der Waals surface area contributed by atoms with Crippen LogP contribution in [0.1, 0.15) is 45.0 Å². The lowest BCUT2D eigenvalue weighted by Crippen LogP contribution is -2.23. The van der Waals surface area contributed by atoms with Crippen molar-refractivity contribution in [2.75, 3.05) is 0 Å². The average molecular weight is 433 g/mol. The van der Waals surface area contributed by atoms with Gasteiger partial charge in [0, 0.05) is 16.7 Å². The Morgan fingerprint density at radius 1 is 1.21 bits per heavy atom. The molecule has 1 amide bonds. The van der Waals surface area contributed by atoms with Crippen molar-refractivity contribution in [3.05, 3.63) is 74.0 Å². The van der Waals surface area contributed by atoms with E-state index in [1.807, 2.05) is 18.2 Å². The first-order chi connectivity index (χ1) is 13.6. The van der Waals surface area contributed by atoms with Crippen LogP contribution < -0.4 is 5.32 Å². The van der Waals surface area contributed by atoms with Crippen LogP contribution in [0, 0.1) is 0 Å². The number of benzene rings is 1. The van der Waals surface area contributed by atoms with Crippen LogP contribution in [0.4, 0.5) is 5.00 Å². The van der Waals surface area contributed by atoms with E-state index >= 15 is 0 Å². The highest BCUT2D eigenvalue weighted by molar-refractivity contribution is 7.16. The number of amides is 1. The Morgan fingerprint density at radius 3 is 2.89 bits per heavy atom. The monoisotopic (exact) mass is 432 g/mol. The number of carbonyl (C=O) groups is 1. The fourth-order valence-electron chi connectivity index (χ4n) is 3.29. The third-order valence-electron chi connectivity index (χ3n) is 4.69. The second-order valence-electron chi connectivity index (χ2n) is 6.55. The number of rotatable bonds is 5. The van der Waals surface area contributed by atoms with E-state index in [1.165, 1.54) is 4.88 Å². The first-order valence-electron chi connectivity index (χ1n) is 9.06. The fourth-order valence-corrected chi connectivity index (χ4v) is 4.88. The van der Waals surface area contributed by atoms with Gasteiger partial charge >= 0.3 is 0 Å². The normalized spacial score (nSPS) is 13.6. The van der Waals surface area contributed by atoms with Crippen molar-refractivity contribution in [3.8, 4) is 0 Å². The van der Waals surface area contributed by atoms with Crippen molar-refractivity contribution in [2.45, 2.75) is 32.2 Å². The molecule has 2 heterocycles. The number of aliphatic imine (C=N–C) groups is 1. The molecule has 7 heteroatoms. The summed E-state index contributed by atoms with van der Waals surface area (Å²) in [6, 6.07) is 9.05. The molecule has 0 saturated carbocycles. The van der Waals surface area contributed by atoms with Gasteiger partial charge in [0.1, 0.15) is 10.8 Å². The van der Waals surface area contributed by atoms with E-state index in [0.717, 1.165) is 36.8 Å². The summed E-state index contributed by atoms with van der Waals surface area (Å²) >= 11 is 13.9. The van der Waals surface area contributed by atoms with Gasteiger partial charge in [-0.3, -0.25) is 4.79 Å². The molecule has 0 fully saturated rings. The first kappa shape index (κ1) is 19.2. The number of furan rings is 1. The predicted octanol–water partition coefficient (Wildman–Crippen LogP) is 6.21. The maximum absolute atomic E-state index is 13.0. The highest BCUT2D eigenvalue weighted by atomic mass is 35.5. The van der Waals surface area contributed by atoms with E-state index < -0.39 is 0 Å². The molecule has 1 N–H and O–H groups in total. The van der Waals surface area contributed by atoms with Crippen LogP contribution in [0.3, 0.4) is 0 Å². The molecule has 0 saturated heterocycles. The Labute approximate surface area is 177 Å². The minimum absolute atomic E-state index is 0.125. The molecule has 0 bridgehead atoms. The quantitative estimate of drug-likeness (QED) is 0.487. The van der Waals surface area contributed by atoms with E-state index in [-0.39, 0.29) is 5.91 Å². The molecule has 0 aliphatic heterocycles. The lowest BCUT2D eigenvalue weighted by molar-refractivity contribution is 0.0948. The Morgan fingerprint density at radius 2 is 2.07 bits per heavy atom. The molecule has 28 heavy (non-hydrogen) atoms. The number of hydrogen-bond acceptors (Lipinski definition) is 4. The SMILES string of the molecule is O=C(NCc1ccco1)c1c(N=Cc2cccc(Cl)c2Cl)sc2c1CCCC2. The Balaban J connectivity index is 1.64. The molecular formula is C21H18Cl2N2O2S. The highest BCUT2D eigenvalue weighted by Gasteiger charge is 2.25. The summed E-state index contributed by atoms with van der Waals surface area (Å²) in [6.45, 7) is 0.347. The minimum Gasteiger partial charge on any atom is -0.467 e. The second-order valence-corrected chi connectivity index (χ2v) is 8.42. The van der Waals surface area contributed by atoms with E-state index in [1.54, 1.807) is 35.9 Å².